The van der Waals surface area contributed by atoms with Crippen LogP contribution in [0.4, 0.5) is 0 Å². The lowest BCUT2D eigenvalue weighted by Gasteiger charge is -2.41. The molecule has 2 aliphatic heterocycles. The molecule has 19 atom stereocenters. The highest BCUT2D eigenvalue weighted by molar-refractivity contribution is 6.44. The van der Waals surface area contributed by atoms with Crippen LogP contribution in [0.2, 0.25) is 0 Å². The molecule has 20 N–H and O–H groups in total. The molecule has 2 fully saturated rings. The number of benzene rings is 3. The average molecular weight is 1550 g/mol. The van der Waals surface area contributed by atoms with Crippen molar-refractivity contribution in [2.24, 2.45) is 17.8 Å². The third-order valence-electron chi connectivity index (χ3n) is 17.9. The lowest BCUT2D eigenvalue weighted by Crippen LogP contribution is -2.62. The number of hydrogen-bond donors (Lipinski definition) is 20. The third-order valence-corrected chi connectivity index (χ3v) is 17.9. The molecule has 0 aliphatic carbocycles. The van der Waals surface area contributed by atoms with Crippen LogP contribution in [-0.2, 0) is 33.3 Å². The first-order valence-corrected chi connectivity index (χ1v) is 36.5. The van der Waals surface area contributed by atoms with Crippen molar-refractivity contribution in [2.75, 3.05) is 6.61 Å². The minimum atomic E-state index is -1.89. The number of carbonyl (C=O) groups is 6. The molecule has 2 aliphatic rings. The predicted octanol–water partition coefficient (Wildman–Crippen LogP) is -1.01. The van der Waals surface area contributed by atoms with Crippen molar-refractivity contribution >= 4 is 56.8 Å². The van der Waals surface area contributed by atoms with Crippen LogP contribution in [0.1, 0.15) is 120 Å². The second kappa shape index (κ2) is 44.0. The molecule has 3 aromatic heterocycles. The number of rotatable bonds is 32. The van der Waals surface area contributed by atoms with E-state index >= 15 is 0 Å². The van der Waals surface area contributed by atoms with Crippen molar-refractivity contribution in [3.8, 4) is 33.8 Å². The van der Waals surface area contributed by atoms with Gasteiger partial charge in [-0.2, -0.15) is 0 Å². The Balaban J connectivity index is 0.000000263. The van der Waals surface area contributed by atoms with Crippen molar-refractivity contribution in [1.29, 1.82) is 0 Å². The lowest BCUT2D eigenvalue weighted by molar-refractivity contribution is -0.310. The van der Waals surface area contributed by atoms with Gasteiger partial charge in [0.1, 0.15) is 77.9 Å². The van der Waals surface area contributed by atoms with Gasteiger partial charge in [0.2, 0.25) is 17.7 Å². The molecule has 6 amide bonds. The number of nitrogens with one attached hydrogen (secondary N) is 6. The molecular formula is C75H104B3N9O24. The number of ether oxygens (including phenoxy) is 4. The minimum Gasteiger partial charge on any atom is -0.426 e. The van der Waals surface area contributed by atoms with Crippen LogP contribution in [0.5, 0.6) is 0 Å². The van der Waals surface area contributed by atoms with Crippen LogP contribution in [0, 0.1) is 17.8 Å². The maximum Gasteiger partial charge on any atom is 0.475 e. The Bertz CT molecular complexity index is 3890. The SMILES string of the molecule is CC(C)C[C@H](NC(=O)[C@@H](NC(=O)c1cccc(-c2ccccc2)n1)C(C)O)B(O)O.CC(C)C[C@H](NC(=O)[C@@H](NC(=O)c1cccc(-c2ccccc2)n1)C(C)O[C@@H]1O[C@@H](C)[C@@H](O)[C@@H](O)[C@@H]1O)B(O)O.CC(C)C[C@H](NC(=O)[C@@H](NC(=O)c1cccc(-c2ccccc2)n1)C(C)O[C@@H]1O[C@H](CO)[C@H](O)[C@H](O)[C@H]1O)B(O)O. The molecule has 33 nitrogen and oxygen atoms in total. The molecule has 0 bridgehead atoms. The van der Waals surface area contributed by atoms with Crippen molar-refractivity contribution < 1.29 is 119 Å². The summed E-state index contributed by atoms with van der Waals surface area (Å²) in [6.45, 7) is 16.1. The summed E-state index contributed by atoms with van der Waals surface area (Å²) in [5, 5.41) is 154. The standard InChI is InChI=1S/C27H38BN3O10.C27H38BN3O9.C21H28BN3O5/c1-14(2)12-20(28(38)39)30-26(37)21(15(3)40-27-24(35)23(34)22(33)19(13-32)41-27)31-25(36)18-11-7-10-17(29-18)16-8-5-4-6-9-16;1-14(2)13-20(28(37)38)30-26(36)21(15(3)39-27-24(34)23(33)22(32)16(4)40-27)31-25(35)19-12-8-11-18(29-19)17-9-6-5-7-10-17;1-13(2)12-18(22(29)30)24-21(28)19(14(3)26)25-20(27)17-11-7-10-16(23-17)15-8-5-4-6-9-15/h4-11,14-15,19-24,27,32-35,38-39H,12-13H2,1-3H3,(H,30,37)(H,31,36);5-12,14-16,20-24,27,32-34,37-38H,13H2,1-4H3,(H,30,36)(H,31,35);4-11,13-14,18-19,26,29-30H,12H2,1-3H3,(H,24,28)(H,25,27)/t15?,19-,20+,21+,22+,23+,24-,27-;15?,16-,20-,21-,22+,23+,24-,27+;14?,18-,19-/m100/s1. The number of aliphatic hydroxyl groups is 8. The first-order valence-electron chi connectivity index (χ1n) is 36.5. The normalized spacial score (nSPS) is 22.0. The first kappa shape index (κ1) is 91.3. The van der Waals surface area contributed by atoms with Gasteiger partial charge in [0, 0.05) is 16.7 Å². The van der Waals surface area contributed by atoms with Gasteiger partial charge in [0.15, 0.2) is 12.6 Å². The Labute approximate surface area is 644 Å². The monoisotopic (exact) mass is 1550 g/mol. The summed E-state index contributed by atoms with van der Waals surface area (Å²) in [5.41, 5.74) is 4.16. The number of carbonyl (C=O) groups excluding carboxylic acids is 6. The Morgan fingerprint density at radius 1 is 0.396 bits per heavy atom. The van der Waals surface area contributed by atoms with E-state index in [0.717, 1.165) is 16.7 Å². The summed E-state index contributed by atoms with van der Waals surface area (Å²) in [5.74, 6) is -7.31. The molecule has 0 saturated carbocycles. The Hall–Kier alpha value is -8.60. The van der Waals surface area contributed by atoms with E-state index in [4.69, 9.17) is 18.9 Å². The smallest absolute Gasteiger partial charge is 0.426 e. The van der Waals surface area contributed by atoms with Gasteiger partial charge in [0.05, 0.1) is 65.9 Å². The van der Waals surface area contributed by atoms with Gasteiger partial charge in [-0.05, 0) is 101 Å². The fraction of sp³-hybridized carbons (Fsp3) is 0.480. The molecule has 5 heterocycles. The largest absolute Gasteiger partial charge is 0.475 e. The molecule has 8 rings (SSSR count). The summed E-state index contributed by atoms with van der Waals surface area (Å²) in [4.78, 5) is 91.8. The maximum absolute atomic E-state index is 13.4. The molecule has 3 unspecified atom stereocenters. The van der Waals surface area contributed by atoms with Crippen molar-refractivity contribution in [2.45, 2.75) is 204 Å². The van der Waals surface area contributed by atoms with E-state index in [1.54, 1.807) is 36.4 Å². The number of aliphatic hydroxyl groups excluding tert-OH is 8. The third kappa shape index (κ3) is 27.4. The maximum atomic E-state index is 13.4. The summed E-state index contributed by atoms with van der Waals surface area (Å²) in [7, 11) is -5.50. The molecule has 6 aromatic rings. The van der Waals surface area contributed by atoms with Gasteiger partial charge in [-0.1, -0.05) is 151 Å². The van der Waals surface area contributed by atoms with Crippen molar-refractivity contribution in [3.63, 3.8) is 0 Å². The molecule has 602 valence electrons. The van der Waals surface area contributed by atoms with Gasteiger partial charge in [-0.3, -0.25) is 28.8 Å². The second-order valence-electron chi connectivity index (χ2n) is 28.5. The van der Waals surface area contributed by atoms with Gasteiger partial charge in [-0.15, -0.1) is 0 Å². The van der Waals surface area contributed by atoms with Crippen LogP contribution >= 0.6 is 0 Å². The van der Waals surface area contributed by atoms with E-state index in [-0.39, 0.29) is 47.7 Å². The Morgan fingerprint density at radius 2 is 0.694 bits per heavy atom. The predicted molar refractivity (Wildman–Crippen MR) is 406 cm³/mol. The first-order chi connectivity index (χ1) is 52.5. The highest BCUT2D eigenvalue weighted by atomic mass is 16.7. The van der Waals surface area contributed by atoms with E-state index in [1.165, 1.54) is 45.9 Å². The number of amides is 6. The van der Waals surface area contributed by atoms with E-state index in [9.17, 15) is 99.8 Å². The zero-order valence-electron chi connectivity index (χ0n) is 63.3. The van der Waals surface area contributed by atoms with E-state index < -0.39 is 179 Å². The quantitative estimate of drug-likeness (QED) is 0.0225. The van der Waals surface area contributed by atoms with Crippen molar-refractivity contribution in [1.82, 2.24) is 46.9 Å². The molecule has 36 heteroatoms. The number of hydrogen-bond acceptors (Lipinski definition) is 27. The van der Waals surface area contributed by atoms with Crippen LogP contribution in [0.3, 0.4) is 0 Å². The summed E-state index contributed by atoms with van der Waals surface area (Å²) < 4.78 is 22.4. The Kier molecular flexibility index (Phi) is 36.2. The summed E-state index contributed by atoms with van der Waals surface area (Å²) >= 11 is 0. The topological polar surface area (TPSA) is 533 Å². The fourth-order valence-corrected chi connectivity index (χ4v) is 11.8. The van der Waals surface area contributed by atoms with Gasteiger partial charge in [0.25, 0.3) is 17.7 Å². The number of aromatic nitrogens is 3. The molecule has 0 radical (unpaired) electrons. The van der Waals surface area contributed by atoms with Crippen LogP contribution in [-0.4, -0.2) is 265 Å². The van der Waals surface area contributed by atoms with Gasteiger partial charge in [-0.25, -0.2) is 15.0 Å². The number of pyridine rings is 3. The zero-order chi connectivity index (χ0) is 82.1. The minimum absolute atomic E-state index is 0.00915. The van der Waals surface area contributed by atoms with Crippen LogP contribution in [0.25, 0.3) is 33.8 Å². The number of nitrogens with zero attached hydrogens (tertiary/aromatic N) is 3. The molecule has 2 saturated heterocycles. The van der Waals surface area contributed by atoms with E-state index in [0.29, 0.717) is 23.5 Å². The summed E-state index contributed by atoms with van der Waals surface area (Å²) in [6, 6.07) is 38.2. The van der Waals surface area contributed by atoms with Crippen LogP contribution < -0.4 is 31.9 Å². The lowest BCUT2D eigenvalue weighted by atomic mass is 9.75. The second-order valence-corrected chi connectivity index (χ2v) is 28.5. The fourth-order valence-electron chi connectivity index (χ4n) is 11.8. The van der Waals surface area contributed by atoms with Crippen molar-refractivity contribution in [3.05, 3.63) is 163 Å². The van der Waals surface area contributed by atoms with Crippen LogP contribution in [0.15, 0.2) is 146 Å². The summed E-state index contributed by atoms with van der Waals surface area (Å²) in [6.07, 6.45) is -17.6. The van der Waals surface area contributed by atoms with E-state index in [1.807, 2.05) is 133 Å². The molecule has 111 heavy (non-hydrogen) atoms. The molecule has 0 spiro atoms. The Morgan fingerprint density at radius 3 is 0.991 bits per heavy atom. The zero-order valence-corrected chi connectivity index (χ0v) is 63.3. The highest BCUT2D eigenvalue weighted by Crippen LogP contribution is 2.27. The van der Waals surface area contributed by atoms with Gasteiger partial charge >= 0.3 is 21.4 Å². The molecule has 3 aromatic carbocycles. The van der Waals surface area contributed by atoms with Gasteiger partial charge < -0.3 is 122 Å². The van der Waals surface area contributed by atoms with E-state index in [2.05, 4.69) is 46.9 Å². The average Bonchev–Trinajstić information content (AvgIpc) is 0.811. The molecular weight excluding hydrogens is 1440 g/mol. The highest BCUT2D eigenvalue weighted by Gasteiger charge is 2.48.